The van der Waals surface area contributed by atoms with Crippen molar-refractivity contribution < 1.29 is 18.5 Å². The maximum absolute atomic E-state index is 11.2. The summed E-state index contributed by atoms with van der Waals surface area (Å²) in [6, 6.07) is 8.27. The first kappa shape index (κ1) is 17.7. The van der Waals surface area contributed by atoms with Gasteiger partial charge in [-0.05, 0) is 5.56 Å². The van der Waals surface area contributed by atoms with Crippen LogP contribution in [0.3, 0.4) is 0 Å². The highest BCUT2D eigenvalue weighted by molar-refractivity contribution is 5.72. The molecule has 1 rings (SSSR count). The Morgan fingerprint density at radius 1 is 0.952 bits per heavy atom. The van der Waals surface area contributed by atoms with Gasteiger partial charge in [0.25, 0.3) is 0 Å². The van der Waals surface area contributed by atoms with Crippen LogP contribution in [0.4, 0.5) is 0 Å². The van der Waals surface area contributed by atoms with Crippen LogP contribution in [0.2, 0.25) is 0 Å². The molecule has 0 radical (unpaired) electrons. The van der Waals surface area contributed by atoms with E-state index in [1.807, 2.05) is 12.1 Å². The van der Waals surface area contributed by atoms with Gasteiger partial charge in [-0.1, -0.05) is 24.3 Å². The lowest BCUT2D eigenvalue weighted by Gasteiger charge is -2.33. The molecule has 0 bridgehead atoms. The Labute approximate surface area is 129 Å². The zero-order valence-electron chi connectivity index (χ0n) is 14.3. The summed E-state index contributed by atoms with van der Waals surface area (Å²) in [6.45, 7) is 3.28. The van der Waals surface area contributed by atoms with Crippen molar-refractivity contribution in [3.05, 3.63) is 35.4 Å². The van der Waals surface area contributed by atoms with Gasteiger partial charge < -0.3 is 13.7 Å². The first-order chi connectivity index (χ1) is 9.61. The summed E-state index contributed by atoms with van der Waals surface area (Å²) >= 11 is 0. The maximum Gasteiger partial charge on any atom is 0.309 e. The summed E-state index contributed by atoms with van der Waals surface area (Å²) < 4.78 is 6.64. The molecule has 0 N–H and O–H groups in total. The molecule has 21 heavy (non-hydrogen) atoms. The molecule has 1 aromatic carbocycles. The minimum Gasteiger partial charge on any atom is -0.469 e. The lowest BCUT2D eigenvalue weighted by Crippen LogP contribution is -2.48. The molecule has 4 nitrogen and oxygen atoms in total. The van der Waals surface area contributed by atoms with Crippen LogP contribution < -0.4 is 0 Å². The van der Waals surface area contributed by atoms with Crippen LogP contribution in [-0.2, 0) is 22.5 Å². The van der Waals surface area contributed by atoms with Gasteiger partial charge >= 0.3 is 5.97 Å². The number of quaternary nitrogens is 2. The predicted molar refractivity (Wildman–Crippen MR) is 85.7 cm³/mol. The number of ether oxygens (including phenoxy) is 1. The van der Waals surface area contributed by atoms with Crippen molar-refractivity contribution in [2.45, 2.75) is 13.0 Å². The van der Waals surface area contributed by atoms with E-state index in [-0.39, 0.29) is 5.97 Å². The monoisotopic (exact) mass is 294 g/mol. The molecular weight excluding hydrogens is 264 g/mol. The molecule has 0 unspecified atom stereocenters. The van der Waals surface area contributed by atoms with Crippen LogP contribution in [0.15, 0.2) is 24.3 Å². The Morgan fingerprint density at radius 2 is 1.48 bits per heavy atom. The first-order valence-corrected chi connectivity index (χ1v) is 7.38. The van der Waals surface area contributed by atoms with Gasteiger partial charge in [0.2, 0.25) is 0 Å². The zero-order valence-corrected chi connectivity index (χ0v) is 14.3. The van der Waals surface area contributed by atoms with Gasteiger partial charge in [-0.2, -0.15) is 0 Å². The van der Waals surface area contributed by atoms with E-state index in [0.717, 1.165) is 34.2 Å². The molecule has 0 atom stereocenters. The van der Waals surface area contributed by atoms with Gasteiger partial charge in [0, 0.05) is 5.56 Å². The molecule has 0 saturated carbocycles. The smallest absolute Gasteiger partial charge is 0.309 e. The van der Waals surface area contributed by atoms with Crippen molar-refractivity contribution in [3.8, 4) is 0 Å². The third-order valence-electron chi connectivity index (χ3n) is 3.59. The highest BCUT2D eigenvalue weighted by Gasteiger charge is 2.20. The third kappa shape index (κ3) is 7.25. The molecular formula is C17H30N2O2+2. The van der Waals surface area contributed by atoms with Crippen molar-refractivity contribution in [1.29, 1.82) is 0 Å². The average molecular weight is 294 g/mol. The minimum absolute atomic E-state index is 0.193. The van der Waals surface area contributed by atoms with Crippen molar-refractivity contribution in [2.24, 2.45) is 0 Å². The molecule has 118 valence electrons. The lowest BCUT2D eigenvalue weighted by molar-refractivity contribution is -0.945. The second-order valence-corrected chi connectivity index (χ2v) is 7.40. The fourth-order valence-corrected chi connectivity index (χ4v) is 2.15. The third-order valence-corrected chi connectivity index (χ3v) is 3.59. The Morgan fingerprint density at radius 3 is 1.95 bits per heavy atom. The Kier molecular flexibility index (Phi) is 5.93. The molecule has 0 aliphatic carbocycles. The highest BCUT2D eigenvalue weighted by Crippen LogP contribution is 2.12. The summed E-state index contributed by atoms with van der Waals surface area (Å²) in [5.74, 6) is -0.193. The van der Waals surface area contributed by atoms with E-state index < -0.39 is 0 Å². The number of methoxy groups -OCH3 is 1. The lowest BCUT2D eigenvalue weighted by atomic mass is 10.1. The quantitative estimate of drug-likeness (QED) is 0.565. The van der Waals surface area contributed by atoms with Crippen LogP contribution in [-0.4, -0.2) is 70.4 Å². The van der Waals surface area contributed by atoms with E-state index in [0.29, 0.717) is 6.42 Å². The van der Waals surface area contributed by atoms with Crippen LogP contribution in [0.25, 0.3) is 0 Å². The van der Waals surface area contributed by atoms with Crippen molar-refractivity contribution in [1.82, 2.24) is 0 Å². The number of carbonyl (C=O) groups is 1. The van der Waals surface area contributed by atoms with E-state index in [1.165, 1.54) is 12.7 Å². The van der Waals surface area contributed by atoms with Crippen LogP contribution >= 0.6 is 0 Å². The summed E-state index contributed by atoms with van der Waals surface area (Å²) in [7, 11) is 12.6. The molecule has 0 aliphatic heterocycles. The molecule has 0 aliphatic rings. The predicted octanol–water partition coefficient (Wildman–Crippen LogP) is 1.68. The van der Waals surface area contributed by atoms with E-state index in [9.17, 15) is 4.79 Å². The number of carbonyl (C=O) groups excluding carboxylic acids is 1. The van der Waals surface area contributed by atoms with Crippen molar-refractivity contribution in [2.75, 3.05) is 55.4 Å². The molecule has 4 heteroatoms. The summed E-state index contributed by atoms with van der Waals surface area (Å²) in [4.78, 5) is 11.2. The highest BCUT2D eigenvalue weighted by atomic mass is 16.5. The number of hydrogen-bond acceptors (Lipinski definition) is 2. The van der Waals surface area contributed by atoms with Gasteiger partial charge in [-0.25, -0.2) is 0 Å². The second kappa shape index (κ2) is 7.05. The maximum atomic E-state index is 11.2. The van der Waals surface area contributed by atoms with Gasteiger partial charge in [0.05, 0.1) is 48.8 Å². The number of likely N-dealkylation sites (N-methyl/N-ethyl adjacent to an activating group) is 2. The van der Waals surface area contributed by atoms with Crippen LogP contribution in [0.1, 0.15) is 11.1 Å². The molecule has 1 aromatic rings. The number of hydrogen-bond donors (Lipinski definition) is 0. The Bertz CT molecular complexity index is 459. The molecule has 0 spiro atoms. The molecule has 0 fully saturated rings. The Hall–Kier alpha value is -1.39. The summed E-state index contributed by atoms with van der Waals surface area (Å²) in [6.07, 6.45) is 0.344. The van der Waals surface area contributed by atoms with Crippen molar-refractivity contribution in [3.63, 3.8) is 0 Å². The molecule has 0 amide bonds. The first-order valence-electron chi connectivity index (χ1n) is 7.38. The van der Waals surface area contributed by atoms with E-state index in [2.05, 4.69) is 52.1 Å². The Balaban J connectivity index is 2.60. The van der Waals surface area contributed by atoms with E-state index in [4.69, 9.17) is 0 Å². The number of rotatable bonds is 7. The molecule has 0 saturated heterocycles. The SMILES string of the molecule is COC(=O)Cc1ccc(C[N+](C)(C)CC[N+](C)(C)C)cc1. The van der Waals surface area contributed by atoms with Gasteiger partial charge in [0.15, 0.2) is 0 Å². The van der Waals surface area contributed by atoms with Crippen molar-refractivity contribution >= 4 is 5.97 Å². The summed E-state index contributed by atoms with van der Waals surface area (Å²) in [5, 5.41) is 0. The molecule has 0 aromatic heterocycles. The zero-order chi connectivity index (χ0) is 16.1. The molecule has 0 heterocycles. The van der Waals surface area contributed by atoms with Crippen LogP contribution in [0.5, 0.6) is 0 Å². The minimum atomic E-state index is -0.193. The standard InChI is InChI=1S/C17H30N2O2/c1-18(2,3)11-12-19(4,5)14-16-9-7-15(8-10-16)13-17(20)21-6/h7-10H,11-14H2,1-6H3/q+2. The normalized spacial score (nSPS) is 12.3. The topological polar surface area (TPSA) is 26.3 Å². The van der Waals surface area contributed by atoms with E-state index in [1.54, 1.807) is 0 Å². The number of benzene rings is 1. The van der Waals surface area contributed by atoms with Crippen LogP contribution in [0, 0.1) is 0 Å². The fourth-order valence-electron chi connectivity index (χ4n) is 2.15. The number of nitrogens with zero attached hydrogens (tertiary/aromatic N) is 2. The summed E-state index contributed by atoms with van der Waals surface area (Å²) in [5.41, 5.74) is 2.30. The second-order valence-electron chi connectivity index (χ2n) is 7.40. The van der Waals surface area contributed by atoms with Gasteiger partial charge in [-0.15, -0.1) is 0 Å². The van der Waals surface area contributed by atoms with E-state index >= 15 is 0 Å². The fraction of sp³-hybridized carbons (Fsp3) is 0.588. The number of esters is 1. The van der Waals surface area contributed by atoms with Gasteiger partial charge in [-0.3, -0.25) is 4.79 Å². The average Bonchev–Trinajstić information content (AvgIpc) is 2.38. The van der Waals surface area contributed by atoms with Gasteiger partial charge in [0.1, 0.15) is 19.6 Å². The largest absolute Gasteiger partial charge is 0.469 e.